The second kappa shape index (κ2) is 7.58. The summed E-state index contributed by atoms with van der Waals surface area (Å²) >= 11 is 0. The predicted octanol–water partition coefficient (Wildman–Crippen LogP) is 3.97. The zero-order valence-electron chi connectivity index (χ0n) is 14.3. The Morgan fingerprint density at radius 2 is 1.52 bits per heavy atom. The van der Waals surface area contributed by atoms with E-state index in [1.807, 2.05) is 0 Å². The van der Waals surface area contributed by atoms with Crippen molar-refractivity contribution >= 4 is 0 Å². The summed E-state index contributed by atoms with van der Waals surface area (Å²) in [7, 11) is 0. The van der Waals surface area contributed by atoms with Crippen LogP contribution in [-0.2, 0) is 9.47 Å². The van der Waals surface area contributed by atoms with Crippen LogP contribution in [0, 0.1) is 5.41 Å². The highest BCUT2D eigenvalue weighted by atomic mass is 19.4. The molecule has 2 aliphatic rings. The standard InChI is InChI=1S/C15H20F9NO2/c1-12(14(20,21)10(16)15(22,23)24)7-26-6-9(27-8-12)13(18,19)11(17)25-4-2-3-5-25/h9-11H,2-8H2,1H3. The van der Waals surface area contributed by atoms with Crippen molar-refractivity contribution < 1.29 is 49.0 Å². The van der Waals surface area contributed by atoms with Crippen molar-refractivity contribution in [2.45, 2.75) is 56.4 Å². The quantitative estimate of drug-likeness (QED) is 0.499. The maximum Gasteiger partial charge on any atom is 0.425 e. The summed E-state index contributed by atoms with van der Waals surface area (Å²) in [5.41, 5.74) is -2.87. The van der Waals surface area contributed by atoms with E-state index in [0.29, 0.717) is 19.8 Å². The highest BCUT2D eigenvalue weighted by Gasteiger charge is 2.66. The van der Waals surface area contributed by atoms with Crippen molar-refractivity contribution in [1.82, 2.24) is 4.90 Å². The van der Waals surface area contributed by atoms with Crippen LogP contribution in [0.4, 0.5) is 39.5 Å². The number of nitrogens with zero attached hydrogens (tertiary/aromatic N) is 1. The molecule has 2 fully saturated rings. The van der Waals surface area contributed by atoms with E-state index in [4.69, 9.17) is 0 Å². The molecule has 2 rings (SSSR count). The van der Waals surface area contributed by atoms with Crippen LogP contribution in [-0.4, -0.2) is 74.4 Å². The van der Waals surface area contributed by atoms with E-state index in [0.717, 1.165) is 4.90 Å². The lowest BCUT2D eigenvalue weighted by Crippen LogP contribution is -2.56. The van der Waals surface area contributed by atoms with Crippen molar-refractivity contribution in [3.8, 4) is 0 Å². The SMILES string of the molecule is CC1(C(F)(F)C(F)C(F)(F)F)COCC(C(F)(F)C(F)N2CCCC2)OC1. The maximum absolute atomic E-state index is 14.4. The fourth-order valence-electron chi connectivity index (χ4n) is 3.06. The molecule has 0 aromatic heterocycles. The van der Waals surface area contributed by atoms with Gasteiger partial charge < -0.3 is 9.47 Å². The number of rotatable bonds is 5. The molecule has 2 saturated heterocycles. The molecule has 27 heavy (non-hydrogen) atoms. The zero-order valence-corrected chi connectivity index (χ0v) is 14.3. The van der Waals surface area contributed by atoms with Crippen LogP contribution in [0.5, 0.6) is 0 Å². The minimum absolute atomic E-state index is 0.0786. The monoisotopic (exact) mass is 417 g/mol. The molecule has 0 radical (unpaired) electrons. The summed E-state index contributed by atoms with van der Waals surface area (Å²) in [6.45, 7) is -2.84. The molecule has 0 amide bonds. The number of halogens is 9. The fraction of sp³-hybridized carbons (Fsp3) is 1.00. The third kappa shape index (κ3) is 4.31. The third-order valence-corrected chi connectivity index (χ3v) is 4.91. The van der Waals surface area contributed by atoms with Gasteiger partial charge in [-0.15, -0.1) is 0 Å². The first-order valence-electron chi connectivity index (χ1n) is 8.27. The molecular formula is C15H20F9NO2. The molecule has 0 spiro atoms. The van der Waals surface area contributed by atoms with Crippen LogP contribution < -0.4 is 0 Å². The lowest BCUT2D eigenvalue weighted by molar-refractivity contribution is -0.285. The highest BCUT2D eigenvalue weighted by molar-refractivity contribution is 4.99. The predicted molar refractivity (Wildman–Crippen MR) is 75.2 cm³/mol. The smallest absolute Gasteiger partial charge is 0.378 e. The minimum Gasteiger partial charge on any atom is -0.378 e. The number of hydrogen-bond donors (Lipinski definition) is 0. The van der Waals surface area contributed by atoms with Crippen molar-refractivity contribution in [3.63, 3.8) is 0 Å². The normalized spacial score (nSPS) is 31.6. The van der Waals surface area contributed by atoms with Crippen LogP contribution in [0.2, 0.25) is 0 Å². The van der Waals surface area contributed by atoms with Crippen molar-refractivity contribution in [1.29, 1.82) is 0 Å². The van der Waals surface area contributed by atoms with E-state index in [1.54, 1.807) is 0 Å². The van der Waals surface area contributed by atoms with Crippen LogP contribution in [0.3, 0.4) is 0 Å². The van der Waals surface area contributed by atoms with Gasteiger partial charge in [-0.3, -0.25) is 4.90 Å². The summed E-state index contributed by atoms with van der Waals surface area (Å²) in [6.07, 6.45) is -14.4. The molecule has 2 heterocycles. The Hall–Kier alpha value is -0.750. The second-order valence-electron chi connectivity index (χ2n) is 7.16. The van der Waals surface area contributed by atoms with Gasteiger partial charge in [0.15, 0.2) is 0 Å². The van der Waals surface area contributed by atoms with Gasteiger partial charge in [0.2, 0.25) is 6.30 Å². The van der Waals surface area contributed by atoms with E-state index in [1.165, 1.54) is 0 Å². The molecule has 4 atom stereocenters. The van der Waals surface area contributed by atoms with Gasteiger partial charge in [0.05, 0.1) is 25.2 Å². The molecule has 0 aliphatic carbocycles. The average Bonchev–Trinajstić information content (AvgIpc) is 3.01. The molecule has 12 heteroatoms. The Kier molecular flexibility index (Phi) is 6.33. The van der Waals surface area contributed by atoms with Crippen molar-refractivity contribution in [2.75, 3.05) is 32.9 Å². The van der Waals surface area contributed by atoms with Crippen LogP contribution in [0.15, 0.2) is 0 Å². The molecule has 4 unspecified atom stereocenters. The Morgan fingerprint density at radius 1 is 0.963 bits per heavy atom. The van der Waals surface area contributed by atoms with E-state index in [-0.39, 0.29) is 13.1 Å². The molecule has 160 valence electrons. The van der Waals surface area contributed by atoms with E-state index in [2.05, 4.69) is 9.47 Å². The van der Waals surface area contributed by atoms with Gasteiger partial charge in [0.1, 0.15) is 6.10 Å². The number of ether oxygens (including phenoxy) is 2. The van der Waals surface area contributed by atoms with Gasteiger partial charge in [0, 0.05) is 13.1 Å². The van der Waals surface area contributed by atoms with Crippen molar-refractivity contribution in [3.05, 3.63) is 0 Å². The van der Waals surface area contributed by atoms with Gasteiger partial charge in [-0.25, -0.2) is 17.6 Å². The highest BCUT2D eigenvalue weighted by Crippen LogP contribution is 2.48. The average molecular weight is 417 g/mol. The minimum atomic E-state index is -5.86. The van der Waals surface area contributed by atoms with Gasteiger partial charge in [-0.05, 0) is 19.8 Å². The lowest BCUT2D eigenvalue weighted by atomic mass is 9.82. The van der Waals surface area contributed by atoms with Gasteiger partial charge in [0.25, 0.3) is 12.1 Å². The first-order chi connectivity index (χ1) is 12.2. The molecule has 2 aliphatic heterocycles. The third-order valence-electron chi connectivity index (χ3n) is 4.91. The number of likely N-dealkylation sites (tertiary alicyclic amines) is 1. The summed E-state index contributed by atoms with van der Waals surface area (Å²) in [5, 5.41) is 0. The summed E-state index contributed by atoms with van der Waals surface area (Å²) in [6, 6.07) is 0. The first-order valence-corrected chi connectivity index (χ1v) is 8.27. The number of hydrogen-bond acceptors (Lipinski definition) is 3. The molecule has 0 aromatic carbocycles. The van der Waals surface area contributed by atoms with E-state index < -0.39 is 61.8 Å². The van der Waals surface area contributed by atoms with Crippen LogP contribution >= 0.6 is 0 Å². The molecule has 0 saturated carbocycles. The summed E-state index contributed by atoms with van der Waals surface area (Å²) in [5.74, 6) is -9.15. The molecule has 0 aromatic rings. The lowest BCUT2D eigenvalue weighted by Gasteiger charge is -2.38. The molecule has 0 bridgehead atoms. The Morgan fingerprint density at radius 3 is 2.04 bits per heavy atom. The number of alkyl halides is 9. The zero-order chi connectivity index (χ0) is 20.7. The van der Waals surface area contributed by atoms with Gasteiger partial charge >= 0.3 is 12.1 Å². The van der Waals surface area contributed by atoms with Crippen LogP contribution in [0.25, 0.3) is 0 Å². The summed E-state index contributed by atoms with van der Waals surface area (Å²) in [4.78, 5) is 0.864. The van der Waals surface area contributed by atoms with E-state index >= 15 is 0 Å². The van der Waals surface area contributed by atoms with Gasteiger partial charge in [-0.1, -0.05) is 0 Å². The first kappa shape index (κ1) is 22.5. The van der Waals surface area contributed by atoms with Crippen molar-refractivity contribution in [2.24, 2.45) is 5.41 Å². The second-order valence-corrected chi connectivity index (χ2v) is 7.16. The Bertz CT molecular complexity index is 510. The Balaban J connectivity index is 2.13. The Labute approximate surface area is 149 Å². The topological polar surface area (TPSA) is 21.7 Å². The van der Waals surface area contributed by atoms with E-state index in [9.17, 15) is 39.5 Å². The largest absolute Gasteiger partial charge is 0.425 e. The molecule has 3 nitrogen and oxygen atoms in total. The summed E-state index contributed by atoms with van der Waals surface area (Å²) < 4.78 is 131. The maximum atomic E-state index is 14.4. The van der Waals surface area contributed by atoms with Gasteiger partial charge in [-0.2, -0.15) is 22.0 Å². The van der Waals surface area contributed by atoms with Crippen LogP contribution in [0.1, 0.15) is 19.8 Å². The molecule has 0 N–H and O–H groups in total. The fourth-order valence-corrected chi connectivity index (χ4v) is 3.06. The molecular weight excluding hydrogens is 397 g/mol.